The molecule has 24 heavy (non-hydrogen) atoms. The first-order chi connectivity index (χ1) is 11.4. The molecule has 1 amide bonds. The largest absolute Gasteiger partial charge is 0.481 e. The predicted molar refractivity (Wildman–Crippen MR) is 99.8 cm³/mol. The van der Waals surface area contributed by atoms with E-state index in [0.717, 1.165) is 22.6 Å². The number of hydrogen-bond acceptors (Lipinski definition) is 2. The summed E-state index contributed by atoms with van der Waals surface area (Å²) < 4.78 is 5.93. The standard InChI is InChI=1S/C21H27NO2/c1-14(2)17-10-6-8-12-19(17)22-21(23)16(5)24-20-13-9-7-11-18(20)15(3)4/h6-16H,1-5H3,(H,22,23)/t16-/m0/s1. The van der Waals surface area contributed by atoms with Gasteiger partial charge in [0.2, 0.25) is 0 Å². The van der Waals surface area contributed by atoms with Crippen LogP contribution in [0, 0.1) is 0 Å². The number of rotatable bonds is 6. The zero-order valence-electron chi connectivity index (χ0n) is 15.2. The molecule has 3 nitrogen and oxygen atoms in total. The summed E-state index contributed by atoms with van der Waals surface area (Å²) in [6, 6.07) is 15.8. The van der Waals surface area contributed by atoms with Crippen LogP contribution in [0.1, 0.15) is 57.6 Å². The maximum absolute atomic E-state index is 12.5. The van der Waals surface area contributed by atoms with Gasteiger partial charge in [0.15, 0.2) is 6.10 Å². The van der Waals surface area contributed by atoms with Crippen LogP contribution in [0.3, 0.4) is 0 Å². The molecule has 0 aliphatic heterocycles. The van der Waals surface area contributed by atoms with E-state index in [9.17, 15) is 4.79 Å². The van der Waals surface area contributed by atoms with E-state index in [2.05, 4.69) is 33.0 Å². The van der Waals surface area contributed by atoms with Crippen LogP contribution in [0.25, 0.3) is 0 Å². The molecule has 3 heteroatoms. The number of carbonyl (C=O) groups excluding carboxylic acids is 1. The van der Waals surface area contributed by atoms with E-state index in [1.54, 1.807) is 6.92 Å². The molecule has 0 saturated heterocycles. The Bertz CT molecular complexity index is 692. The Balaban J connectivity index is 2.11. The van der Waals surface area contributed by atoms with Crippen molar-refractivity contribution in [3.63, 3.8) is 0 Å². The molecule has 0 radical (unpaired) electrons. The summed E-state index contributed by atoms with van der Waals surface area (Å²) in [5, 5.41) is 3.00. The summed E-state index contributed by atoms with van der Waals surface area (Å²) in [4.78, 5) is 12.5. The maximum atomic E-state index is 12.5. The number of ether oxygens (including phenoxy) is 1. The van der Waals surface area contributed by atoms with Gasteiger partial charge in [0, 0.05) is 5.69 Å². The first-order valence-electron chi connectivity index (χ1n) is 8.55. The normalized spacial score (nSPS) is 12.3. The van der Waals surface area contributed by atoms with Gasteiger partial charge in [-0.3, -0.25) is 4.79 Å². The lowest BCUT2D eigenvalue weighted by molar-refractivity contribution is -0.122. The minimum Gasteiger partial charge on any atom is -0.481 e. The smallest absolute Gasteiger partial charge is 0.265 e. The summed E-state index contributed by atoms with van der Waals surface area (Å²) in [7, 11) is 0. The summed E-state index contributed by atoms with van der Waals surface area (Å²) in [6.07, 6.45) is -0.565. The highest BCUT2D eigenvalue weighted by Crippen LogP contribution is 2.27. The van der Waals surface area contributed by atoms with Crippen LogP contribution in [-0.4, -0.2) is 12.0 Å². The second-order valence-corrected chi connectivity index (χ2v) is 6.68. The third-order valence-corrected chi connectivity index (χ3v) is 4.05. The first kappa shape index (κ1) is 18.1. The Hall–Kier alpha value is -2.29. The van der Waals surface area contributed by atoms with E-state index in [0.29, 0.717) is 11.8 Å². The molecule has 0 aliphatic carbocycles. The highest BCUT2D eigenvalue weighted by Gasteiger charge is 2.18. The summed E-state index contributed by atoms with van der Waals surface area (Å²) in [5.74, 6) is 1.33. The molecule has 0 unspecified atom stereocenters. The van der Waals surface area contributed by atoms with Crippen molar-refractivity contribution in [3.8, 4) is 5.75 Å². The zero-order chi connectivity index (χ0) is 17.7. The molecule has 1 N–H and O–H groups in total. The fourth-order valence-electron chi connectivity index (χ4n) is 2.66. The molecule has 0 heterocycles. The fraction of sp³-hybridized carbons (Fsp3) is 0.381. The van der Waals surface area contributed by atoms with E-state index in [-0.39, 0.29) is 5.91 Å². The second-order valence-electron chi connectivity index (χ2n) is 6.68. The van der Waals surface area contributed by atoms with E-state index in [1.165, 1.54) is 0 Å². The Morgan fingerprint density at radius 3 is 2.00 bits per heavy atom. The molecule has 0 spiro atoms. The van der Waals surface area contributed by atoms with Crippen molar-refractivity contribution in [2.75, 3.05) is 5.32 Å². The van der Waals surface area contributed by atoms with Crippen LogP contribution >= 0.6 is 0 Å². The summed E-state index contributed by atoms with van der Waals surface area (Å²) >= 11 is 0. The molecular weight excluding hydrogens is 298 g/mol. The topological polar surface area (TPSA) is 38.3 Å². The Morgan fingerprint density at radius 2 is 1.38 bits per heavy atom. The van der Waals surface area contributed by atoms with Crippen LogP contribution in [0.5, 0.6) is 5.75 Å². The van der Waals surface area contributed by atoms with Gasteiger partial charge in [-0.2, -0.15) is 0 Å². The molecule has 2 aromatic carbocycles. The van der Waals surface area contributed by atoms with Crippen LogP contribution in [-0.2, 0) is 4.79 Å². The Labute approximate surface area is 145 Å². The number of anilines is 1. The average Bonchev–Trinajstić information content (AvgIpc) is 2.55. The van der Waals surface area contributed by atoms with Gasteiger partial charge >= 0.3 is 0 Å². The number of amides is 1. The van der Waals surface area contributed by atoms with Crippen molar-refractivity contribution in [1.29, 1.82) is 0 Å². The molecule has 0 fully saturated rings. The first-order valence-corrected chi connectivity index (χ1v) is 8.55. The average molecular weight is 325 g/mol. The van der Waals surface area contributed by atoms with Gasteiger partial charge in [0.05, 0.1) is 0 Å². The lowest BCUT2D eigenvalue weighted by Crippen LogP contribution is -2.30. The predicted octanol–water partition coefficient (Wildman–Crippen LogP) is 5.34. The van der Waals surface area contributed by atoms with Crippen molar-refractivity contribution in [2.45, 2.75) is 52.6 Å². The van der Waals surface area contributed by atoms with Crippen molar-refractivity contribution < 1.29 is 9.53 Å². The monoisotopic (exact) mass is 325 g/mol. The maximum Gasteiger partial charge on any atom is 0.265 e. The number of para-hydroxylation sites is 2. The van der Waals surface area contributed by atoms with Gasteiger partial charge in [-0.15, -0.1) is 0 Å². The SMILES string of the molecule is CC(C)c1ccccc1NC(=O)[C@H](C)Oc1ccccc1C(C)C. The van der Waals surface area contributed by atoms with Crippen LogP contribution < -0.4 is 10.1 Å². The number of carbonyl (C=O) groups is 1. The van der Waals surface area contributed by atoms with Crippen molar-refractivity contribution in [3.05, 3.63) is 59.7 Å². The zero-order valence-corrected chi connectivity index (χ0v) is 15.2. The molecule has 128 valence electrons. The van der Waals surface area contributed by atoms with Crippen molar-refractivity contribution in [1.82, 2.24) is 0 Å². The van der Waals surface area contributed by atoms with Crippen molar-refractivity contribution in [2.24, 2.45) is 0 Å². The van der Waals surface area contributed by atoms with Gasteiger partial charge < -0.3 is 10.1 Å². The lowest BCUT2D eigenvalue weighted by Gasteiger charge is -2.20. The molecule has 1 atom stereocenters. The van der Waals surface area contributed by atoms with E-state index < -0.39 is 6.10 Å². The molecular formula is C21H27NO2. The molecule has 2 aromatic rings. The third-order valence-electron chi connectivity index (χ3n) is 4.05. The van der Waals surface area contributed by atoms with E-state index >= 15 is 0 Å². The quantitative estimate of drug-likeness (QED) is 0.778. The fourth-order valence-corrected chi connectivity index (χ4v) is 2.66. The summed E-state index contributed by atoms with van der Waals surface area (Å²) in [5.41, 5.74) is 3.09. The number of hydrogen-bond donors (Lipinski definition) is 1. The van der Waals surface area contributed by atoms with Crippen LogP contribution in [0.2, 0.25) is 0 Å². The summed E-state index contributed by atoms with van der Waals surface area (Å²) in [6.45, 7) is 10.2. The van der Waals surface area contributed by atoms with Gasteiger partial charge in [0.1, 0.15) is 5.75 Å². The van der Waals surface area contributed by atoms with Crippen LogP contribution in [0.4, 0.5) is 5.69 Å². The second kappa shape index (κ2) is 8.00. The van der Waals surface area contributed by atoms with Gasteiger partial charge in [-0.25, -0.2) is 0 Å². The van der Waals surface area contributed by atoms with Gasteiger partial charge in [-0.1, -0.05) is 64.1 Å². The lowest BCUT2D eigenvalue weighted by atomic mass is 10.0. The van der Waals surface area contributed by atoms with Gasteiger partial charge in [0.25, 0.3) is 5.91 Å². The molecule has 0 aromatic heterocycles. The Kier molecular flexibility index (Phi) is 6.02. The molecule has 0 aliphatic rings. The molecule has 0 bridgehead atoms. The molecule has 0 saturated carbocycles. The number of nitrogens with one attached hydrogen (secondary N) is 1. The van der Waals surface area contributed by atoms with Crippen LogP contribution in [0.15, 0.2) is 48.5 Å². The van der Waals surface area contributed by atoms with Gasteiger partial charge in [-0.05, 0) is 42.0 Å². The number of benzene rings is 2. The highest BCUT2D eigenvalue weighted by atomic mass is 16.5. The van der Waals surface area contributed by atoms with E-state index in [1.807, 2.05) is 48.5 Å². The Morgan fingerprint density at radius 1 is 0.833 bits per heavy atom. The molecule has 2 rings (SSSR count). The minimum atomic E-state index is -0.565. The minimum absolute atomic E-state index is 0.137. The van der Waals surface area contributed by atoms with Crippen molar-refractivity contribution >= 4 is 11.6 Å². The highest BCUT2D eigenvalue weighted by molar-refractivity contribution is 5.94. The third kappa shape index (κ3) is 4.38. The van der Waals surface area contributed by atoms with E-state index in [4.69, 9.17) is 4.74 Å².